The predicted molar refractivity (Wildman–Crippen MR) is 101 cm³/mol. The normalized spacial score (nSPS) is 17.8. The lowest BCUT2D eigenvalue weighted by Crippen LogP contribution is -2.34. The molecule has 148 valence electrons. The number of hydrogen-bond donors (Lipinski definition) is 0. The molecule has 28 heavy (non-hydrogen) atoms. The SMILES string of the molecule is O=C1C=CN(S(=O)(=O)c2ccc(C(F)(F)F)cc2)C(c2c(Cl)cccc2Br)C1. The molecule has 0 fully saturated rings. The van der Waals surface area contributed by atoms with Crippen molar-refractivity contribution in [1.29, 1.82) is 0 Å². The maximum atomic E-state index is 13.1. The maximum absolute atomic E-state index is 13.1. The van der Waals surface area contributed by atoms with Gasteiger partial charge in [-0.25, -0.2) is 8.42 Å². The van der Waals surface area contributed by atoms with Crippen LogP contribution in [-0.2, 0) is 21.0 Å². The van der Waals surface area contributed by atoms with E-state index in [0.29, 0.717) is 22.2 Å². The van der Waals surface area contributed by atoms with Crippen LogP contribution in [0.25, 0.3) is 0 Å². The summed E-state index contributed by atoms with van der Waals surface area (Å²) in [5.41, 5.74) is -0.557. The molecule has 0 radical (unpaired) electrons. The van der Waals surface area contributed by atoms with Crippen LogP contribution in [-0.4, -0.2) is 18.5 Å². The van der Waals surface area contributed by atoms with Gasteiger partial charge in [0.05, 0.1) is 16.5 Å². The van der Waals surface area contributed by atoms with E-state index in [4.69, 9.17) is 11.6 Å². The number of benzene rings is 2. The highest BCUT2D eigenvalue weighted by molar-refractivity contribution is 9.10. The molecule has 4 nitrogen and oxygen atoms in total. The van der Waals surface area contributed by atoms with Crippen molar-refractivity contribution < 1.29 is 26.4 Å². The fourth-order valence-electron chi connectivity index (χ4n) is 2.85. The molecule has 0 bridgehead atoms. The van der Waals surface area contributed by atoms with E-state index in [1.807, 2.05) is 0 Å². The Bertz CT molecular complexity index is 1030. The summed E-state index contributed by atoms with van der Waals surface area (Å²) >= 11 is 9.55. The van der Waals surface area contributed by atoms with Crippen molar-refractivity contribution in [3.8, 4) is 0 Å². The van der Waals surface area contributed by atoms with Crippen LogP contribution in [0.3, 0.4) is 0 Å². The van der Waals surface area contributed by atoms with Crippen LogP contribution in [0, 0.1) is 0 Å². The van der Waals surface area contributed by atoms with Gasteiger partial charge >= 0.3 is 6.18 Å². The summed E-state index contributed by atoms with van der Waals surface area (Å²) in [5.74, 6) is -0.296. The largest absolute Gasteiger partial charge is 0.416 e. The Labute approximate surface area is 172 Å². The zero-order chi connectivity index (χ0) is 20.7. The lowest BCUT2D eigenvalue weighted by Gasteiger charge is -2.33. The van der Waals surface area contributed by atoms with Gasteiger partial charge in [0.15, 0.2) is 5.78 Å². The predicted octanol–water partition coefficient (Wildman–Crippen LogP) is 5.34. The molecule has 0 N–H and O–H groups in total. The Kier molecular flexibility index (Phi) is 5.62. The van der Waals surface area contributed by atoms with E-state index in [1.54, 1.807) is 18.2 Å². The van der Waals surface area contributed by atoms with Gasteiger partial charge in [-0.15, -0.1) is 0 Å². The molecule has 10 heteroatoms. The topological polar surface area (TPSA) is 54.5 Å². The maximum Gasteiger partial charge on any atom is 0.416 e. The van der Waals surface area contributed by atoms with Crippen LogP contribution in [0.15, 0.2) is 64.1 Å². The average molecular weight is 495 g/mol. The number of carbonyl (C=O) groups excluding carboxylic acids is 1. The monoisotopic (exact) mass is 493 g/mol. The minimum Gasteiger partial charge on any atom is -0.295 e. The quantitative estimate of drug-likeness (QED) is 0.579. The Balaban J connectivity index is 2.08. The van der Waals surface area contributed by atoms with Crippen LogP contribution < -0.4 is 0 Å². The first kappa shape index (κ1) is 20.9. The Morgan fingerprint density at radius 1 is 1.11 bits per heavy atom. The number of nitrogens with zero attached hydrogens (tertiary/aromatic N) is 1. The van der Waals surface area contributed by atoms with Gasteiger partial charge in [-0.2, -0.15) is 13.2 Å². The molecule has 0 amide bonds. The number of allylic oxidation sites excluding steroid dienone is 1. The van der Waals surface area contributed by atoms with Crippen molar-refractivity contribution in [2.24, 2.45) is 0 Å². The number of sulfonamides is 1. The first-order valence-corrected chi connectivity index (χ1v) is 10.5. The van der Waals surface area contributed by atoms with Gasteiger partial charge < -0.3 is 0 Å². The Morgan fingerprint density at radius 3 is 2.32 bits per heavy atom. The molecule has 3 rings (SSSR count). The van der Waals surface area contributed by atoms with Gasteiger partial charge in [0.2, 0.25) is 0 Å². The molecule has 1 atom stereocenters. The van der Waals surface area contributed by atoms with Crippen molar-refractivity contribution in [3.63, 3.8) is 0 Å². The van der Waals surface area contributed by atoms with Crippen LogP contribution in [0.2, 0.25) is 5.02 Å². The van der Waals surface area contributed by atoms with Crippen LogP contribution in [0.4, 0.5) is 13.2 Å². The second-order valence-electron chi connectivity index (χ2n) is 5.99. The Morgan fingerprint density at radius 2 is 1.75 bits per heavy atom. The van der Waals surface area contributed by atoms with E-state index in [0.717, 1.165) is 28.7 Å². The molecule has 0 aliphatic carbocycles. The smallest absolute Gasteiger partial charge is 0.295 e. The third-order valence-electron chi connectivity index (χ3n) is 4.20. The molecule has 1 aliphatic rings. The molecular weight excluding hydrogens is 483 g/mol. The van der Waals surface area contributed by atoms with Crippen molar-refractivity contribution >= 4 is 43.3 Å². The fourth-order valence-corrected chi connectivity index (χ4v) is 5.36. The lowest BCUT2D eigenvalue weighted by molar-refractivity contribution is -0.137. The number of ketones is 1. The number of carbonyl (C=O) groups is 1. The van der Waals surface area contributed by atoms with E-state index < -0.39 is 27.8 Å². The van der Waals surface area contributed by atoms with Gasteiger partial charge in [0.25, 0.3) is 10.0 Å². The van der Waals surface area contributed by atoms with E-state index in [2.05, 4.69) is 15.9 Å². The Hall–Kier alpha value is -1.84. The van der Waals surface area contributed by atoms with Gasteiger partial charge in [-0.1, -0.05) is 33.6 Å². The van der Waals surface area contributed by atoms with Crippen molar-refractivity contribution in [3.05, 3.63) is 75.4 Å². The second kappa shape index (κ2) is 7.53. The summed E-state index contributed by atoms with van der Waals surface area (Å²) in [6.07, 6.45) is -2.51. The van der Waals surface area contributed by atoms with Gasteiger partial charge in [-0.3, -0.25) is 9.10 Å². The van der Waals surface area contributed by atoms with Gasteiger partial charge in [-0.05, 0) is 42.5 Å². The first-order valence-electron chi connectivity index (χ1n) is 7.87. The van der Waals surface area contributed by atoms with E-state index in [9.17, 15) is 26.4 Å². The molecule has 2 aromatic rings. The summed E-state index contributed by atoms with van der Waals surface area (Å²) < 4.78 is 65.9. The zero-order valence-electron chi connectivity index (χ0n) is 14.0. The summed E-state index contributed by atoms with van der Waals surface area (Å²) in [6.45, 7) is 0. The number of halogens is 5. The van der Waals surface area contributed by atoms with Crippen LogP contribution in [0.5, 0.6) is 0 Å². The number of rotatable bonds is 3. The third kappa shape index (κ3) is 3.97. The van der Waals surface area contributed by atoms with Crippen LogP contribution in [0.1, 0.15) is 23.6 Å². The second-order valence-corrected chi connectivity index (χ2v) is 9.10. The minimum atomic E-state index is -4.58. The van der Waals surface area contributed by atoms with Gasteiger partial charge in [0.1, 0.15) is 0 Å². The molecular formula is C18H12BrClF3NO3S. The summed E-state index contributed by atoms with van der Waals surface area (Å²) in [6, 6.07) is 7.12. The van der Waals surface area contributed by atoms with Crippen molar-refractivity contribution in [1.82, 2.24) is 4.31 Å². The molecule has 0 saturated carbocycles. The molecule has 1 unspecified atom stereocenters. The van der Waals surface area contributed by atoms with Crippen LogP contribution >= 0.6 is 27.5 Å². The first-order chi connectivity index (χ1) is 13.0. The standard InChI is InChI=1S/C18H12BrClF3NO3S/c19-14-2-1-3-15(20)17(14)16-10-12(25)8-9-24(16)28(26,27)13-6-4-11(5-7-13)18(21,22)23/h1-9,16H,10H2. The number of hydrogen-bond acceptors (Lipinski definition) is 3. The average Bonchev–Trinajstić information content (AvgIpc) is 2.61. The molecule has 0 saturated heterocycles. The summed E-state index contributed by atoms with van der Waals surface area (Å²) in [4.78, 5) is 11.6. The third-order valence-corrected chi connectivity index (χ3v) is 7.02. The molecule has 0 spiro atoms. The lowest BCUT2D eigenvalue weighted by atomic mass is 9.99. The highest BCUT2D eigenvalue weighted by Gasteiger charge is 2.36. The molecule has 1 heterocycles. The van der Waals surface area contributed by atoms with E-state index in [1.165, 1.54) is 0 Å². The molecule has 0 aromatic heterocycles. The van der Waals surface area contributed by atoms with Gasteiger partial charge in [0, 0.05) is 27.7 Å². The summed E-state index contributed by atoms with van der Waals surface area (Å²) in [7, 11) is -4.23. The van der Waals surface area contributed by atoms with Crippen molar-refractivity contribution in [2.75, 3.05) is 0 Å². The van der Waals surface area contributed by atoms with E-state index in [-0.39, 0.29) is 22.1 Å². The highest BCUT2D eigenvalue weighted by Crippen LogP contribution is 2.40. The van der Waals surface area contributed by atoms with Crippen molar-refractivity contribution in [2.45, 2.75) is 23.5 Å². The number of alkyl halides is 3. The fraction of sp³-hybridized carbons (Fsp3) is 0.167. The highest BCUT2D eigenvalue weighted by atomic mass is 79.9. The summed E-state index contributed by atoms with van der Waals surface area (Å²) in [5, 5.41) is 0.259. The molecule has 2 aromatic carbocycles. The van der Waals surface area contributed by atoms with E-state index >= 15 is 0 Å². The molecule has 1 aliphatic heterocycles. The zero-order valence-corrected chi connectivity index (χ0v) is 17.1. The minimum absolute atomic E-state index is 0.154.